The summed E-state index contributed by atoms with van der Waals surface area (Å²) in [5.41, 5.74) is 1.28. The summed E-state index contributed by atoms with van der Waals surface area (Å²) in [6.07, 6.45) is 1.61. The molecule has 6 heteroatoms. The van der Waals surface area contributed by atoms with Crippen molar-refractivity contribution < 1.29 is 9.00 Å². The molecule has 0 saturated carbocycles. The second-order valence-electron chi connectivity index (χ2n) is 3.92. The largest absolute Gasteiger partial charge is 0.350 e. The Labute approximate surface area is 112 Å². The van der Waals surface area contributed by atoms with Crippen LogP contribution in [0, 0.1) is 0 Å². The molecule has 2 rings (SSSR count). The maximum atomic E-state index is 11.8. The summed E-state index contributed by atoms with van der Waals surface area (Å²) in [4.78, 5) is 14.8. The van der Waals surface area contributed by atoms with Gasteiger partial charge in [-0.3, -0.25) is 9.00 Å². The first-order chi connectivity index (χ1) is 8.58. The first-order valence-electron chi connectivity index (χ1n) is 5.43. The third kappa shape index (κ3) is 2.91. The van der Waals surface area contributed by atoms with Gasteiger partial charge in [0.25, 0.3) is 5.91 Å². The Hall–Kier alpha value is -1.33. The highest BCUT2D eigenvalue weighted by Crippen LogP contribution is 2.23. The van der Waals surface area contributed by atoms with Crippen LogP contribution >= 0.6 is 11.6 Å². The molecule has 2 N–H and O–H groups in total. The molecule has 4 nitrogen and oxygen atoms in total. The highest BCUT2D eigenvalue weighted by atomic mass is 35.5. The molecule has 0 aliphatic carbocycles. The van der Waals surface area contributed by atoms with E-state index in [9.17, 15) is 9.00 Å². The van der Waals surface area contributed by atoms with Gasteiger partial charge in [0, 0.05) is 45.3 Å². The summed E-state index contributed by atoms with van der Waals surface area (Å²) in [7, 11) is -0.903. The molecular weight excluding hydrogens is 272 g/mol. The van der Waals surface area contributed by atoms with Crippen LogP contribution < -0.4 is 5.32 Å². The van der Waals surface area contributed by atoms with E-state index in [1.807, 2.05) is 12.1 Å². The molecule has 1 aromatic carbocycles. The number of carbonyl (C=O) groups excluding carboxylic acids is 1. The minimum atomic E-state index is -0.903. The van der Waals surface area contributed by atoms with Gasteiger partial charge in [-0.05, 0) is 18.2 Å². The minimum absolute atomic E-state index is 0.215. The van der Waals surface area contributed by atoms with Crippen molar-refractivity contribution >= 4 is 39.2 Å². The maximum Gasteiger partial charge on any atom is 0.267 e. The summed E-state index contributed by atoms with van der Waals surface area (Å²) in [5, 5.41) is 4.14. The number of nitrogens with one attached hydrogen (secondary N) is 2. The van der Waals surface area contributed by atoms with E-state index in [0.29, 0.717) is 23.0 Å². The summed E-state index contributed by atoms with van der Waals surface area (Å²) >= 11 is 6.03. The Morgan fingerprint density at radius 1 is 1.50 bits per heavy atom. The number of benzene rings is 1. The van der Waals surface area contributed by atoms with E-state index in [2.05, 4.69) is 10.3 Å². The SMILES string of the molecule is C[S@@](=O)CCNC(=O)c1cc2c(Cl)cccc2[nH]1. The smallest absolute Gasteiger partial charge is 0.267 e. The number of H-pyrrole nitrogens is 1. The Bertz CT molecular complexity index is 609. The van der Waals surface area contributed by atoms with Gasteiger partial charge in [-0.2, -0.15) is 0 Å². The average Bonchev–Trinajstić information content (AvgIpc) is 2.74. The fraction of sp³-hybridized carbons (Fsp3) is 0.250. The van der Waals surface area contributed by atoms with Crippen LogP contribution in [-0.2, 0) is 10.8 Å². The third-order valence-electron chi connectivity index (χ3n) is 2.53. The van der Waals surface area contributed by atoms with Crippen molar-refractivity contribution in [2.45, 2.75) is 0 Å². The average molecular weight is 285 g/mol. The normalized spacial score (nSPS) is 12.6. The first kappa shape index (κ1) is 13.1. The van der Waals surface area contributed by atoms with Crippen LogP contribution in [0.5, 0.6) is 0 Å². The van der Waals surface area contributed by atoms with E-state index in [1.54, 1.807) is 18.4 Å². The van der Waals surface area contributed by atoms with Crippen LogP contribution in [0.2, 0.25) is 5.02 Å². The fourth-order valence-electron chi connectivity index (χ4n) is 1.64. The first-order valence-corrected chi connectivity index (χ1v) is 7.54. The van der Waals surface area contributed by atoms with Crippen molar-refractivity contribution in [3.8, 4) is 0 Å². The number of rotatable bonds is 4. The number of aromatic nitrogens is 1. The van der Waals surface area contributed by atoms with Crippen LogP contribution in [0.25, 0.3) is 10.9 Å². The number of aromatic amines is 1. The molecule has 1 aromatic heterocycles. The number of amides is 1. The lowest BCUT2D eigenvalue weighted by molar-refractivity contribution is 0.0952. The van der Waals surface area contributed by atoms with Crippen molar-refractivity contribution in [1.82, 2.24) is 10.3 Å². The number of halogens is 1. The molecule has 0 spiro atoms. The highest BCUT2D eigenvalue weighted by molar-refractivity contribution is 7.84. The molecule has 1 atom stereocenters. The van der Waals surface area contributed by atoms with Gasteiger partial charge in [0.1, 0.15) is 5.69 Å². The van der Waals surface area contributed by atoms with Crippen LogP contribution in [0.4, 0.5) is 0 Å². The predicted octanol–water partition coefficient (Wildman–Crippen LogP) is 1.93. The Morgan fingerprint density at radius 2 is 2.28 bits per heavy atom. The second-order valence-corrected chi connectivity index (χ2v) is 5.88. The maximum absolute atomic E-state index is 11.8. The summed E-state index contributed by atoms with van der Waals surface area (Å²) < 4.78 is 10.9. The standard InChI is InChI=1S/C12H13ClN2O2S/c1-18(17)6-5-14-12(16)11-7-8-9(13)3-2-4-10(8)15-11/h2-4,7,15H,5-6H2,1H3,(H,14,16)/t18-/m1/s1. The molecule has 18 heavy (non-hydrogen) atoms. The lowest BCUT2D eigenvalue weighted by atomic mass is 10.2. The molecule has 0 aliphatic rings. The van der Waals surface area contributed by atoms with Gasteiger partial charge >= 0.3 is 0 Å². The van der Waals surface area contributed by atoms with Gasteiger partial charge in [0.15, 0.2) is 0 Å². The molecule has 96 valence electrons. The quantitative estimate of drug-likeness (QED) is 0.901. The lowest BCUT2D eigenvalue weighted by Gasteiger charge is -2.01. The van der Waals surface area contributed by atoms with Crippen LogP contribution in [0.15, 0.2) is 24.3 Å². The van der Waals surface area contributed by atoms with Crippen molar-refractivity contribution in [3.05, 3.63) is 35.0 Å². The molecule has 0 unspecified atom stereocenters. The van der Waals surface area contributed by atoms with Gasteiger partial charge in [0.2, 0.25) is 0 Å². The molecule has 0 saturated heterocycles. The molecule has 0 aliphatic heterocycles. The van der Waals surface area contributed by atoms with Gasteiger partial charge in [-0.15, -0.1) is 0 Å². The van der Waals surface area contributed by atoms with Crippen LogP contribution in [-0.4, -0.2) is 33.7 Å². The lowest BCUT2D eigenvalue weighted by Crippen LogP contribution is -2.27. The number of hydrogen-bond acceptors (Lipinski definition) is 2. The zero-order valence-corrected chi connectivity index (χ0v) is 11.4. The van der Waals surface area contributed by atoms with Crippen molar-refractivity contribution in [3.63, 3.8) is 0 Å². The number of hydrogen-bond donors (Lipinski definition) is 2. The highest BCUT2D eigenvalue weighted by Gasteiger charge is 2.10. The van der Waals surface area contributed by atoms with Gasteiger partial charge < -0.3 is 10.3 Å². The Kier molecular flexibility index (Phi) is 4.04. The summed E-state index contributed by atoms with van der Waals surface area (Å²) in [5.74, 6) is 0.236. The molecule has 1 amide bonds. The van der Waals surface area contributed by atoms with Crippen LogP contribution in [0.3, 0.4) is 0 Å². The Balaban J connectivity index is 2.13. The minimum Gasteiger partial charge on any atom is -0.350 e. The molecule has 2 aromatic rings. The zero-order valence-electron chi connectivity index (χ0n) is 9.83. The fourth-order valence-corrected chi connectivity index (χ4v) is 2.26. The second kappa shape index (κ2) is 5.54. The van der Waals surface area contributed by atoms with E-state index < -0.39 is 10.8 Å². The van der Waals surface area contributed by atoms with Gasteiger partial charge in [-0.1, -0.05) is 17.7 Å². The summed E-state index contributed by atoms with van der Waals surface area (Å²) in [6, 6.07) is 7.18. The van der Waals surface area contributed by atoms with Crippen molar-refractivity contribution in [2.75, 3.05) is 18.6 Å². The van der Waals surface area contributed by atoms with E-state index in [-0.39, 0.29) is 5.91 Å². The molecule has 0 fully saturated rings. The van der Waals surface area contributed by atoms with E-state index in [4.69, 9.17) is 11.6 Å². The zero-order chi connectivity index (χ0) is 13.1. The third-order valence-corrected chi connectivity index (χ3v) is 3.64. The summed E-state index contributed by atoms with van der Waals surface area (Å²) in [6.45, 7) is 0.394. The Morgan fingerprint density at radius 3 is 2.94 bits per heavy atom. The molecule has 0 bridgehead atoms. The molecular formula is C12H13ClN2O2S. The van der Waals surface area contributed by atoms with E-state index in [0.717, 1.165) is 10.9 Å². The predicted molar refractivity (Wildman–Crippen MR) is 74.6 cm³/mol. The van der Waals surface area contributed by atoms with Gasteiger partial charge in [0.05, 0.1) is 0 Å². The topological polar surface area (TPSA) is 62.0 Å². The van der Waals surface area contributed by atoms with Crippen LogP contribution in [0.1, 0.15) is 10.5 Å². The number of fused-ring (bicyclic) bond motifs is 1. The van der Waals surface area contributed by atoms with Crippen molar-refractivity contribution in [2.24, 2.45) is 0 Å². The molecule has 0 radical (unpaired) electrons. The van der Waals surface area contributed by atoms with E-state index in [1.165, 1.54) is 0 Å². The van der Waals surface area contributed by atoms with Gasteiger partial charge in [-0.25, -0.2) is 0 Å². The molecule has 1 heterocycles. The number of carbonyl (C=O) groups is 1. The monoisotopic (exact) mass is 284 g/mol. The van der Waals surface area contributed by atoms with Crippen molar-refractivity contribution in [1.29, 1.82) is 0 Å². The van der Waals surface area contributed by atoms with E-state index >= 15 is 0 Å².